The average Bonchev–Trinajstić information content (AvgIpc) is 3.26. The largest absolute Gasteiger partial charge is 0.491 e. The van der Waals surface area contributed by atoms with Gasteiger partial charge in [-0.1, -0.05) is 6.92 Å². The number of ether oxygens (including phenoxy) is 2. The lowest BCUT2D eigenvalue weighted by Crippen LogP contribution is -2.48. The molecule has 1 aromatic carbocycles. The summed E-state index contributed by atoms with van der Waals surface area (Å²) in [5.41, 5.74) is 1.12. The number of aliphatic hydroxyl groups is 1. The number of rotatable bonds is 12. The molecule has 6 nitrogen and oxygen atoms in total. The molecule has 0 aliphatic carbocycles. The molecule has 8 heteroatoms. The van der Waals surface area contributed by atoms with E-state index in [2.05, 4.69) is 18.4 Å². The van der Waals surface area contributed by atoms with Crippen LogP contribution >= 0.6 is 11.3 Å². The maximum absolute atomic E-state index is 13.3. The van der Waals surface area contributed by atoms with E-state index in [1.807, 2.05) is 16.7 Å². The Morgan fingerprint density at radius 3 is 2.81 bits per heavy atom. The summed E-state index contributed by atoms with van der Waals surface area (Å²) in [5, 5.41) is 12.3. The van der Waals surface area contributed by atoms with Crippen molar-refractivity contribution in [3.8, 4) is 5.75 Å². The van der Waals surface area contributed by atoms with Crippen LogP contribution in [0.2, 0.25) is 0 Å². The van der Waals surface area contributed by atoms with E-state index in [9.17, 15) is 14.3 Å². The number of thiophene rings is 1. The predicted octanol–water partition coefficient (Wildman–Crippen LogP) is 3.50. The van der Waals surface area contributed by atoms with Crippen LogP contribution in [0.25, 0.3) is 0 Å². The number of aliphatic hydroxyl groups excluding tert-OH is 1. The first kappa shape index (κ1) is 24.6. The van der Waals surface area contributed by atoms with Crippen LogP contribution in [0.15, 0.2) is 35.7 Å². The zero-order valence-electron chi connectivity index (χ0n) is 18.8. The van der Waals surface area contributed by atoms with E-state index in [1.165, 1.54) is 17.0 Å². The fraction of sp³-hybridized carbons (Fsp3) is 0.542. The molecule has 1 N–H and O–H groups in total. The molecule has 2 aromatic rings. The summed E-state index contributed by atoms with van der Waals surface area (Å²) in [6.45, 7) is 7.07. The van der Waals surface area contributed by atoms with Gasteiger partial charge in [-0.05, 0) is 67.6 Å². The number of benzene rings is 1. The number of nitrogens with zero attached hydrogens (tertiary/aromatic N) is 2. The molecule has 1 aliphatic rings. The standard InChI is InChI=1S/C24H33FN2O4S/c1-3-11-26(14-19(28)16-30-4-2)15-24(29)27-12-9-23-21(10-13-32-23)22(27)17-31-20-7-5-18(25)6-8-20/h5-8,10,13,19,22,28H,3-4,9,11-12,14-17H2,1-2H3/t19-,22-/m1/s1. The fourth-order valence-corrected chi connectivity index (χ4v) is 4.95. The van der Waals surface area contributed by atoms with Gasteiger partial charge in [0.25, 0.3) is 0 Å². The molecule has 32 heavy (non-hydrogen) atoms. The Morgan fingerprint density at radius 1 is 1.31 bits per heavy atom. The first-order valence-electron chi connectivity index (χ1n) is 11.2. The second-order valence-electron chi connectivity index (χ2n) is 7.97. The molecule has 0 bridgehead atoms. The lowest BCUT2D eigenvalue weighted by atomic mass is 10.0. The van der Waals surface area contributed by atoms with Crippen molar-refractivity contribution in [3.63, 3.8) is 0 Å². The van der Waals surface area contributed by atoms with Gasteiger partial charge in [0.2, 0.25) is 5.91 Å². The predicted molar refractivity (Wildman–Crippen MR) is 124 cm³/mol. The molecule has 2 atom stereocenters. The molecule has 0 unspecified atom stereocenters. The lowest BCUT2D eigenvalue weighted by Gasteiger charge is -2.37. The van der Waals surface area contributed by atoms with Crippen molar-refractivity contribution in [2.24, 2.45) is 0 Å². The topological polar surface area (TPSA) is 62.2 Å². The Morgan fingerprint density at radius 2 is 2.09 bits per heavy atom. The van der Waals surface area contributed by atoms with E-state index in [-0.39, 0.29) is 30.9 Å². The number of hydrogen-bond acceptors (Lipinski definition) is 6. The summed E-state index contributed by atoms with van der Waals surface area (Å²) in [4.78, 5) is 18.5. The molecule has 1 aromatic heterocycles. The second kappa shape index (κ2) is 12.3. The highest BCUT2D eigenvalue weighted by Crippen LogP contribution is 2.34. The summed E-state index contributed by atoms with van der Waals surface area (Å²) in [6, 6.07) is 7.80. The summed E-state index contributed by atoms with van der Waals surface area (Å²) >= 11 is 1.70. The third kappa shape index (κ3) is 6.75. The smallest absolute Gasteiger partial charge is 0.237 e. The van der Waals surface area contributed by atoms with Crippen LogP contribution in [0.5, 0.6) is 5.75 Å². The van der Waals surface area contributed by atoms with Gasteiger partial charge >= 0.3 is 0 Å². The number of amides is 1. The second-order valence-corrected chi connectivity index (χ2v) is 8.97. The first-order valence-corrected chi connectivity index (χ1v) is 12.1. The van der Waals surface area contributed by atoms with Crippen molar-refractivity contribution in [2.75, 3.05) is 46.0 Å². The lowest BCUT2D eigenvalue weighted by molar-refractivity contribution is -0.136. The minimum atomic E-state index is -0.628. The van der Waals surface area contributed by atoms with Crippen LogP contribution in [0.1, 0.15) is 36.8 Å². The number of carbonyl (C=O) groups excluding carboxylic acids is 1. The van der Waals surface area contributed by atoms with E-state index in [4.69, 9.17) is 9.47 Å². The van der Waals surface area contributed by atoms with Gasteiger partial charge in [0.15, 0.2) is 0 Å². The monoisotopic (exact) mass is 464 g/mol. The van der Waals surface area contributed by atoms with Gasteiger partial charge in [-0.2, -0.15) is 0 Å². The summed E-state index contributed by atoms with van der Waals surface area (Å²) in [6.07, 6.45) is 1.09. The number of carbonyl (C=O) groups is 1. The van der Waals surface area contributed by atoms with Crippen molar-refractivity contribution in [2.45, 2.75) is 38.8 Å². The highest BCUT2D eigenvalue weighted by molar-refractivity contribution is 7.10. The van der Waals surface area contributed by atoms with Crippen LogP contribution in [0.4, 0.5) is 4.39 Å². The van der Waals surface area contributed by atoms with Gasteiger partial charge in [-0.25, -0.2) is 4.39 Å². The van der Waals surface area contributed by atoms with E-state index in [0.717, 1.165) is 24.9 Å². The maximum atomic E-state index is 13.3. The normalized spacial score (nSPS) is 16.8. The highest BCUT2D eigenvalue weighted by atomic mass is 32.1. The van der Waals surface area contributed by atoms with Crippen LogP contribution in [0.3, 0.4) is 0 Å². The molecule has 2 heterocycles. The van der Waals surface area contributed by atoms with E-state index in [0.29, 0.717) is 32.1 Å². The SMILES string of the molecule is CCCN(CC(=O)N1CCc2sccc2[C@H]1COc1ccc(F)cc1)C[C@@H](O)COCC. The third-order valence-electron chi connectivity index (χ3n) is 5.52. The molecule has 0 fully saturated rings. The highest BCUT2D eigenvalue weighted by Gasteiger charge is 2.33. The van der Waals surface area contributed by atoms with Crippen molar-refractivity contribution in [1.29, 1.82) is 0 Å². The summed E-state index contributed by atoms with van der Waals surface area (Å²) in [5.74, 6) is 0.286. The minimum absolute atomic E-state index is 0.0200. The zero-order chi connectivity index (χ0) is 22.9. The van der Waals surface area contributed by atoms with Crippen molar-refractivity contribution < 1.29 is 23.8 Å². The van der Waals surface area contributed by atoms with Gasteiger partial charge in [0.1, 0.15) is 18.2 Å². The molecule has 0 saturated carbocycles. The van der Waals surface area contributed by atoms with Gasteiger partial charge < -0.3 is 19.5 Å². The summed E-state index contributed by atoms with van der Waals surface area (Å²) < 4.78 is 24.5. The molecule has 1 aliphatic heterocycles. The van der Waals surface area contributed by atoms with Crippen molar-refractivity contribution in [3.05, 3.63) is 52.0 Å². The van der Waals surface area contributed by atoms with Crippen LogP contribution in [-0.4, -0.2) is 72.9 Å². The van der Waals surface area contributed by atoms with Crippen LogP contribution in [-0.2, 0) is 16.0 Å². The minimum Gasteiger partial charge on any atom is -0.491 e. The van der Waals surface area contributed by atoms with Crippen LogP contribution < -0.4 is 4.74 Å². The van der Waals surface area contributed by atoms with Gasteiger partial charge in [0.05, 0.1) is 25.3 Å². The van der Waals surface area contributed by atoms with Crippen molar-refractivity contribution >= 4 is 17.2 Å². The molecule has 0 radical (unpaired) electrons. The van der Waals surface area contributed by atoms with E-state index >= 15 is 0 Å². The van der Waals surface area contributed by atoms with E-state index in [1.54, 1.807) is 23.5 Å². The first-order chi connectivity index (χ1) is 15.5. The zero-order valence-corrected chi connectivity index (χ0v) is 19.7. The molecule has 176 valence electrons. The molecular formula is C24H33FN2O4S. The van der Waals surface area contributed by atoms with E-state index < -0.39 is 6.10 Å². The maximum Gasteiger partial charge on any atom is 0.237 e. The molecule has 0 saturated heterocycles. The third-order valence-corrected chi connectivity index (χ3v) is 6.52. The Balaban J connectivity index is 1.68. The van der Waals surface area contributed by atoms with Crippen LogP contribution in [0, 0.1) is 5.82 Å². The molecule has 3 rings (SSSR count). The Hall–Kier alpha value is -2.00. The fourth-order valence-electron chi connectivity index (χ4n) is 4.02. The number of halogens is 1. The Kier molecular flexibility index (Phi) is 9.47. The average molecular weight is 465 g/mol. The Bertz CT molecular complexity index is 845. The van der Waals surface area contributed by atoms with Gasteiger partial charge in [-0.3, -0.25) is 9.69 Å². The van der Waals surface area contributed by atoms with Crippen molar-refractivity contribution in [1.82, 2.24) is 9.80 Å². The number of hydrogen-bond donors (Lipinski definition) is 1. The molecule has 0 spiro atoms. The number of fused-ring (bicyclic) bond motifs is 1. The van der Waals surface area contributed by atoms with Gasteiger partial charge in [-0.15, -0.1) is 11.3 Å². The Labute approximate surface area is 193 Å². The molecule has 1 amide bonds. The van der Waals surface area contributed by atoms with Gasteiger partial charge in [0, 0.05) is 24.6 Å². The summed E-state index contributed by atoms with van der Waals surface area (Å²) in [7, 11) is 0. The quantitative estimate of drug-likeness (QED) is 0.521. The molecular weight excluding hydrogens is 431 g/mol.